The van der Waals surface area contributed by atoms with E-state index in [1.807, 2.05) is 67.6 Å². The summed E-state index contributed by atoms with van der Waals surface area (Å²) in [7, 11) is 0. The first-order valence-electron chi connectivity index (χ1n) is 10.2. The van der Waals surface area contributed by atoms with Gasteiger partial charge in [0.1, 0.15) is 5.82 Å². The number of hydrogen-bond acceptors (Lipinski definition) is 2. The number of rotatable bonds is 7. The average molecular weight is 396 g/mol. The lowest BCUT2D eigenvalue weighted by Crippen LogP contribution is -2.27. The van der Waals surface area contributed by atoms with Crippen LogP contribution in [0.2, 0.25) is 0 Å². The molecule has 3 aromatic carbocycles. The van der Waals surface area contributed by atoms with E-state index in [9.17, 15) is 4.79 Å². The molecule has 0 fully saturated rings. The number of aryl methyl sites for hydroxylation is 1. The first-order chi connectivity index (χ1) is 14.7. The van der Waals surface area contributed by atoms with E-state index in [1.165, 1.54) is 5.56 Å². The van der Waals surface area contributed by atoms with E-state index in [2.05, 4.69) is 40.2 Å². The lowest BCUT2D eigenvalue weighted by Gasteiger charge is -2.09. The summed E-state index contributed by atoms with van der Waals surface area (Å²) in [6.07, 6.45) is 4.95. The van der Waals surface area contributed by atoms with Gasteiger partial charge in [-0.2, -0.15) is 0 Å². The molecule has 0 aliphatic rings. The number of carbonyl (C=O) groups is 1. The van der Waals surface area contributed by atoms with Gasteiger partial charge in [-0.3, -0.25) is 4.79 Å². The summed E-state index contributed by atoms with van der Waals surface area (Å²) in [5.74, 6) is 0.929. The first-order valence-corrected chi connectivity index (χ1v) is 10.2. The van der Waals surface area contributed by atoms with E-state index in [1.54, 1.807) is 0 Å². The summed E-state index contributed by atoms with van der Waals surface area (Å²) in [5, 5.41) is 3.03. The maximum atomic E-state index is 12.5. The van der Waals surface area contributed by atoms with Crippen LogP contribution in [0.15, 0.2) is 84.9 Å². The topological polar surface area (TPSA) is 46.9 Å². The number of allylic oxidation sites excluding steroid dienone is 1. The van der Waals surface area contributed by atoms with Crippen LogP contribution in [0, 0.1) is 6.92 Å². The summed E-state index contributed by atoms with van der Waals surface area (Å²) in [5.41, 5.74) is 4.96. The number of hydrogen-bond donors (Lipinski definition) is 1. The fourth-order valence-electron chi connectivity index (χ4n) is 3.59. The van der Waals surface area contributed by atoms with Gasteiger partial charge < -0.3 is 9.88 Å². The van der Waals surface area contributed by atoms with Gasteiger partial charge in [0.05, 0.1) is 11.0 Å². The predicted octanol–water partition coefficient (Wildman–Crippen LogP) is 5.03. The minimum atomic E-state index is -0.0419. The number of amides is 1. The molecule has 4 nitrogen and oxygen atoms in total. The summed E-state index contributed by atoms with van der Waals surface area (Å²) < 4.78 is 2.22. The standard InChI is InChI=1S/C26H25N3O/c1-20-10-5-6-14-22(20)26(30)27-18-17-25-28-23-15-7-8-16-24(23)29(25)19-9-13-21-11-3-2-4-12-21/h2-16H,17-19H2,1H3,(H,27,30)/b13-9+. The van der Waals surface area contributed by atoms with Gasteiger partial charge in [-0.15, -0.1) is 0 Å². The summed E-state index contributed by atoms with van der Waals surface area (Å²) in [6, 6.07) is 26.1. The van der Waals surface area contributed by atoms with Crippen molar-refractivity contribution in [3.05, 3.63) is 107 Å². The van der Waals surface area contributed by atoms with Crippen LogP contribution < -0.4 is 5.32 Å². The van der Waals surface area contributed by atoms with Crippen molar-refractivity contribution in [1.82, 2.24) is 14.9 Å². The van der Waals surface area contributed by atoms with Crippen molar-refractivity contribution in [2.24, 2.45) is 0 Å². The minimum absolute atomic E-state index is 0.0419. The molecule has 0 atom stereocenters. The van der Waals surface area contributed by atoms with Crippen LogP contribution in [-0.2, 0) is 13.0 Å². The van der Waals surface area contributed by atoms with Crippen LogP contribution >= 0.6 is 0 Å². The average Bonchev–Trinajstić information content (AvgIpc) is 3.12. The maximum Gasteiger partial charge on any atom is 0.251 e. The fourth-order valence-corrected chi connectivity index (χ4v) is 3.59. The number of carbonyl (C=O) groups excluding carboxylic acids is 1. The Hall–Kier alpha value is -3.66. The van der Waals surface area contributed by atoms with Gasteiger partial charge in [0.25, 0.3) is 5.91 Å². The molecule has 0 aliphatic carbocycles. The molecule has 0 saturated heterocycles. The van der Waals surface area contributed by atoms with Gasteiger partial charge in [-0.25, -0.2) is 4.98 Å². The molecular formula is C26H25N3O. The second-order valence-corrected chi connectivity index (χ2v) is 7.26. The zero-order valence-corrected chi connectivity index (χ0v) is 17.1. The first kappa shape index (κ1) is 19.6. The Bertz CT molecular complexity index is 1180. The second kappa shape index (κ2) is 9.23. The molecule has 1 heterocycles. The third-order valence-electron chi connectivity index (χ3n) is 5.16. The molecule has 0 unspecified atom stereocenters. The number of imidazole rings is 1. The van der Waals surface area contributed by atoms with Gasteiger partial charge in [0.15, 0.2) is 0 Å². The van der Waals surface area contributed by atoms with Gasteiger partial charge in [-0.1, -0.05) is 72.8 Å². The Labute approximate surface area is 176 Å². The molecular weight excluding hydrogens is 370 g/mol. The van der Waals surface area contributed by atoms with Gasteiger partial charge in [-0.05, 0) is 36.2 Å². The van der Waals surface area contributed by atoms with Crippen LogP contribution in [0.25, 0.3) is 17.1 Å². The van der Waals surface area contributed by atoms with Crippen LogP contribution in [0.1, 0.15) is 27.3 Å². The van der Waals surface area contributed by atoms with Crippen molar-refractivity contribution >= 4 is 23.0 Å². The highest BCUT2D eigenvalue weighted by Crippen LogP contribution is 2.17. The molecule has 1 N–H and O–H groups in total. The highest BCUT2D eigenvalue weighted by molar-refractivity contribution is 5.95. The van der Waals surface area contributed by atoms with Gasteiger partial charge in [0.2, 0.25) is 0 Å². The molecule has 4 heteroatoms. The summed E-state index contributed by atoms with van der Waals surface area (Å²) in [6.45, 7) is 3.22. The largest absolute Gasteiger partial charge is 0.352 e. The molecule has 1 amide bonds. The Balaban J connectivity index is 1.48. The van der Waals surface area contributed by atoms with Crippen LogP contribution in [-0.4, -0.2) is 22.0 Å². The lowest BCUT2D eigenvalue weighted by atomic mass is 10.1. The molecule has 0 radical (unpaired) electrons. The molecule has 4 aromatic rings. The fraction of sp³-hybridized carbons (Fsp3) is 0.154. The molecule has 0 spiro atoms. The number of benzene rings is 3. The van der Waals surface area contributed by atoms with Crippen molar-refractivity contribution < 1.29 is 4.79 Å². The van der Waals surface area contributed by atoms with Crippen molar-refractivity contribution in [1.29, 1.82) is 0 Å². The van der Waals surface area contributed by atoms with E-state index in [-0.39, 0.29) is 5.91 Å². The van der Waals surface area contributed by atoms with E-state index in [4.69, 9.17) is 4.98 Å². The van der Waals surface area contributed by atoms with Crippen LogP contribution in [0.4, 0.5) is 0 Å². The number of nitrogens with one attached hydrogen (secondary N) is 1. The van der Waals surface area contributed by atoms with Crippen LogP contribution in [0.5, 0.6) is 0 Å². The van der Waals surface area contributed by atoms with E-state index in [0.29, 0.717) is 13.0 Å². The van der Waals surface area contributed by atoms with Crippen molar-refractivity contribution in [3.8, 4) is 0 Å². The Morgan fingerprint density at radius 3 is 2.53 bits per heavy atom. The number of para-hydroxylation sites is 2. The van der Waals surface area contributed by atoms with Gasteiger partial charge >= 0.3 is 0 Å². The molecule has 1 aromatic heterocycles. The molecule has 0 aliphatic heterocycles. The monoisotopic (exact) mass is 395 g/mol. The van der Waals surface area contributed by atoms with E-state index in [0.717, 1.165) is 34.5 Å². The third kappa shape index (κ3) is 4.49. The molecule has 150 valence electrons. The zero-order valence-electron chi connectivity index (χ0n) is 17.1. The van der Waals surface area contributed by atoms with E-state index >= 15 is 0 Å². The quantitative estimate of drug-likeness (QED) is 0.477. The molecule has 0 saturated carbocycles. The Morgan fingerprint density at radius 1 is 0.967 bits per heavy atom. The van der Waals surface area contributed by atoms with Gasteiger partial charge in [0, 0.05) is 25.1 Å². The minimum Gasteiger partial charge on any atom is -0.352 e. The molecule has 30 heavy (non-hydrogen) atoms. The highest BCUT2D eigenvalue weighted by Gasteiger charge is 2.11. The van der Waals surface area contributed by atoms with E-state index < -0.39 is 0 Å². The van der Waals surface area contributed by atoms with Crippen molar-refractivity contribution in [3.63, 3.8) is 0 Å². The normalized spacial score (nSPS) is 11.2. The number of fused-ring (bicyclic) bond motifs is 1. The predicted molar refractivity (Wildman–Crippen MR) is 122 cm³/mol. The zero-order chi connectivity index (χ0) is 20.8. The molecule has 0 bridgehead atoms. The Kier molecular flexibility index (Phi) is 6.04. The SMILES string of the molecule is Cc1ccccc1C(=O)NCCc1nc2ccccc2n1C/C=C/c1ccccc1. The van der Waals surface area contributed by atoms with Crippen molar-refractivity contribution in [2.75, 3.05) is 6.54 Å². The smallest absolute Gasteiger partial charge is 0.251 e. The molecule has 4 rings (SSSR count). The number of aromatic nitrogens is 2. The number of nitrogens with zero attached hydrogens (tertiary/aromatic N) is 2. The summed E-state index contributed by atoms with van der Waals surface area (Å²) in [4.78, 5) is 17.3. The maximum absolute atomic E-state index is 12.5. The second-order valence-electron chi connectivity index (χ2n) is 7.26. The third-order valence-corrected chi connectivity index (χ3v) is 5.16. The van der Waals surface area contributed by atoms with Crippen LogP contribution in [0.3, 0.4) is 0 Å². The lowest BCUT2D eigenvalue weighted by molar-refractivity contribution is 0.0953. The Morgan fingerprint density at radius 2 is 1.70 bits per heavy atom. The van der Waals surface area contributed by atoms with Crippen molar-refractivity contribution in [2.45, 2.75) is 19.9 Å². The summed E-state index contributed by atoms with van der Waals surface area (Å²) >= 11 is 0. The highest BCUT2D eigenvalue weighted by atomic mass is 16.1.